The average Bonchev–Trinajstić information content (AvgIpc) is 2.66. The van der Waals surface area contributed by atoms with Crippen LogP contribution in [0.5, 0.6) is 0 Å². The maximum absolute atomic E-state index is 11.4. The van der Waals surface area contributed by atoms with E-state index in [2.05, 4.69) is 22.4 Å². The van der Waals surface area contributed by atoms with Gasteiger partial charge >= 0.3 is 0 Å². The zero-order valence-electron chi connectivity index (χ0n) is 7.79. The summed E-state index contributed by atoms with van der Waals surface area (Å²) >= 11 is 0. The zero-order valence-corrected chi connectivity index (χ0v) is 7.79. The number of carbonyl (C=O) groups excluding carboxylic acids is 1. The lowest BCUT2D eigenvalue weighted by atomic mass is 10.3. The van der Waals surface area contributed by atoms with Crippen LogP contribution < -0.4 is 5.32 Å². The molecule has 1 aromatic rings. The van der Waals surface area contributed by atoms with E-state index in [9.17, 15) is 4.79 Å². The Morgan fingerprint density at radius 3 is 2.92 bits per heavy atom. The van der Waals surface area contributed by atoms with E-state index in [0.717, 1.165) is 12.1 Å². The molecule has 1 saturated carbocycles. The molecule has 1 aliphatic rings. The standard InChI is InChI=1S/C9H13N3O/c1-5-3-7(5)9(13)10-8-4-6(2)11-12-8/h4-5,7H,3H2,1-2H3,(H2,10,11,12,13). The number of H-pyrrole nitrogens is 1. The topological polar surface area (TPSA) is 57.8 Å². The van der Waals surface area contributed by atoms with Crippen molar-refractivity contribution < 1.29 is 4.79 Å². The highest BCUT2D eigenvalue weighted by atomic mass is 16.2. The predicted molar refractivity (Wildman–Crippen MR) is 49.2 cm³/mol. The third-order valence-electron chi connectivity index (χ3n) is 2.40. The molecule has 0 bridgehead atoms. The summed E-state index contributed by atoms with van der Waals surface area (Å²) in [4.78, 5) is 11.4. The second-order valence-electron chi connectivity index (χ2n) is 3.74. The Morgan fingerprint density at radius 1 is 1.77 bits per heavy atom. The van der Waals surface area contributed by atoms with Gasteiger partial charge < -0.3 is 5.32 Å². The summed E-state index contributed by atoms with van der Waals surface area (Å²) < 4.78 is 0. The van der Waals surface area contributed by atoms with E-state index in [1.807, 2.05) is 13.0 Å². The van der Waals surface area contributed by atoms with Gasteiger partial charge in [0.25, 0.3) is 0 Å². The lowest BCUT2D eigenvalue weighted by Gasteiger charge is -1.98. The van der Waals surface area contributed by atoms with E-state index in [1.165, 1.54) is 0 Å². The van der Waals surface area contributed by atoms with Gasteiger partial charge in [-0.1, -0.05) is 6.92 Å². The van der Waals surface area contributed by atoms with Crippen LogP contribution in [0.15, 0.2) is 6.07 Å². The van der Waals surface area contributed by atoms with E-state index in [4.69, 9.17) is 0 Å². The number of nitrogens with zero attached hydrogens (tertiary/aromatic N) is 1. The molecule has 0 saturated heterocycles. The number of aromatic amines is 1. The molecule has 1 aliphatic carbocycles. The number of nitrogens with one attached hydrogen (secondary N) is 2. The van der Waals surface area contributed by atoms with E-state index in [1.54, 1.807) is 0 Å². The first kappa shape index (κ1) is 8.29. The van der Waals surface area contributed by atoms with Crippen LogP contribution in [-0.4, -0.2) is 16.1 Å². The largest absolute Gasteiger partial charge is 0.309 e. The average molecular weight is 179 g/mol. The van der Waals surface area contributed by atoms with Crippen molar-refractivity contribution >= 4 is 11.7 Å². The lowest BCUT2D eigenvalue weighted by Crippen LogP contribution is -2.14. The number of hydrogen-bond acceptors (Lipinski definition) is 2. The summed E-state index contributed by atoms with van der Waals surface area (Å²) in [7, 11) is 0. The lowest BCUT2D eigenvalue weighted by molar-refractivity contribution is -0.117. The molecule has 0 spiro atoms. The normalized spacial score (nSPS) is 25.7. The summed E-state index contributed by atoms with van der Waals surface area (Å²) in [5.41, 5.74) is 0.958. The molecule has 2 unspecified atom stereocenters. The van der Waals surface area contributed by atoms with E-state index in [-0.39, 0.29) is 11.8 Å². The number of rotatable bonds is 2. The minimum atomic E-state index is 0.0963. The third kappa shape index (κ3) is 1.71. The molecule has 1 heterocycles. The fourth-order valence-electron chi connectivity index (χ4n) is 1.39. The first-order valence-corrected chi connectivity index (χ1v) is 4.49. The highest BCUT2D eigenvalue weighted by Crippen LogP contribution is 2.38. The smallest absolute Gasteiger partial charge is 0.228 e. The van der Waals surface area contributed by atoms with Crippen LogP contribution in [0.2, 0.25) is 0 Å². The van der Waals surface area contributed by atoms with Crippen molar-refractivity contribution in [2.45, 2.75) is 20.3 Å². The number of anilines is 1. The molecule has 2 N–H and O–H groups in total. The molecular weight excluding hydrogens is 166 g/mol. The first-order chi connectivity index (χ1) is 6.16. The van der Waals surface area contributed by atoms with Crippen LogP contribution in [0.1, 0.15) is 19.0 Å². The van der Waals surface area contributed by atoms with Gasteiger partial charge in [-0.3, -0.25) is 9.89 Å². The molecule has 70 valence electrons. The maximum atomic E-state index is 11.4. The van der Waals surface area contributed by atoms with Gasteiger partial charge in [0.1, 0.15) is 0 Å². The summed E-state index contributed by atoms with van der Waals surface area (Å²) in [5, 5.41) is 9.49. The number of amides is 1. The predicted octanol–water partition coefficient (Wildman–Crippen LogP) is 1.31. The third-order valence-corrected chi connectivity index (χ3v) is 2.40. The van der Waals surface area contributed by atoms with Crippen molar-refractivity contribution in [3.8, 4) is 0 Å². The SMILES string of the molecule is Cc1cc(NC(=O)C2CC2C)n[nH]1. The van der Waals surface area contributed by atoms with Crippen molar-refractivity contribution in [3.05, 3.63) is 11.8 Å². The van der Waals surface area contributed by atoms with Gasteiger partial charge in [-0.2, -0.15) is 5.10 Å². The Hall–Kier alpha value is -1.32. The molecule has 1 amide bonds. The van der Waals surface area contributed by atoms with E-state index < -0.39 is 0 Å². The summed E-state index contributed by atoms with van der Waals surface area (Å²) in [6.07, 6.45) is 1.01. The van der Waals surface area contributed by atoms with Crippen molar-refractivity contribution in [1.29, 1.82) is 0 Å². The highest BCUT2D eigenvalue weighted by Gasteiger charge is 2.39. The van der Waals surface area contributed by atoms with Crippen LogP contribution in [-0.2, 0) is 4.79 Å². The summed E-state index contributed by atoms with van der Waals surface area (Å²) in [6, 6.07) is 1.82. The van der Waals surface area contributed by atoms with Crippen molar-refractivity contribution in [2.75, 3.05) is 5.32 Å². The van der Waals surface area contributed by atoms with Crippen LogP contribution in [0.4, 0.5) is 5.82 Å². The van der Waals surface area contributed by atoms with Gasteiger partial charge in [0.2, 0.25) is 5.91 Å². The van der Waals surface area contributed by atoms with Gasteiger partial charge in [-0.05, 0) is 19.3 Å². The quantitative estimate of drug-likeness (QED) is 0.719. The Morgan fingerprint density at radius 2 is 2.46 bits per heavy atom. The Labute approximate surface area is 76.7 Å². The zero-order chi connectivity index (χ0) is 9.42. The van der Waals surface area contributed by atoms with Gasteiger partial charge in [-0.25, -0.2) is 0 Å². The monoisotopic (exact) mass is 179 g/mol. The molecule has 2 rings (SSSR count). The van der Waals surface area contributed by atoms with Crippen LogP contribution in [0.25, 0.3) is 0 Å². The van der Waals surface area contributed by atoms with Crippen LogP contribution in [0.3, 0.4) is 0 Å². The molecule has 0 radical (unpaired) electrons. The number of aryl methyl sites for hydroxylation is 1. The Kier molecular flexibility index (Phi) is 1.83. The number of aromatic nitrogens is 2. The molecule has 13 heavy (non-hydrogen) atoms. The minimum Gasteiger partial charge on any atom is -0.309 e. The molecule has 1 aromatic heterocycles. The number of hydrogen-bond donors (Lipinski definition) is 2. The van der Waals surface area contributed by atoms with E-state index in [0.29, 0.717) is 11.7 Å². The fourth-order valence-corrected chi connectivity index (χ4v) is 1.39. The first-order valence-electron chi connectivity index (χ1n) is 4.49. The molecular formula is C9H13N3O. The van der Waals surface area contributed by atoms with Crippen LogP contribution >= 0.6 is 0 Å². The van der Waals surface area contributed by atoms with Gasteiger partial charge in [0.15, 0.2) is 5.82 Å². The number of carbonyl (C=O) groups is 1. The molecule has 0 aromatic carbocycles. The summed E-state index contributed by atoms with van der Waals surface area (Å²) in [6.45, 7) is 3.99. The molecule has 1 fully saturated rings. The minimum absolute atomic E-state index is 0.0963. The van der Waals surface area contributed by atoms with E-state index >= 15 is 0 Å². The Bertz CT molecular complexity index is 331. The summed E-state index contributed by atoms with van der Waals surface area (Å²) in [5.74, 6) is 1.47. The molecule has 0 aliphatic heterocycles. The van der Waals surface area contributed by atoms with Gasteiger partial charge in [-0.15, -0.1) is 0 Å². The molecule has 4 heteroatoms. The maximum Gasteiger partial charge on any atom is 0.228 e. The molecule has 4 nitrogen and oxygen atoms in total. The second-order valence-corrected chi connectivity index (χ2v) is 3.74. The fraction of sp³-hybridized carbons (Fsp3) is 0.556. The highest BCUT2D eigenvalue weighted by molar-refractivity contribution is 5.93. The van der Waals surface area contributed by atoms with Gasteiger partial charge in [0.05, 0.1) is 0 Å². The Balaban J connectivity index is 1.95. The molecule has 2 atom stereocenters. The van der Waals surface area contributed by atoms with Crippen molar-refractivity contribution in [2.24, 2.45) is 11.8 Å². The second kappa shape index (κ2) is 2.87. The van der Waals surface area contributed by atoms with Crippen LogP contribution in [0, 0.1) is 18.8 Å². The van der Waals surface area contributed by atoms with Crippen molar-refractivity contribution in [3.63, 3.8) is 0 Å². The van der Waals surface area contributed by atoms with Crippen molar-refractivity contribution in [1.82, 2.24) is 10.2 Å². The van der Waals surface area contributed by atoms with Gasteiger partial charge in [0, 0.05) is 17.7 Å².